The molecule has 0 amide bonds. The molecule has 0 spiro atoms. The van der Waals surface area contributed by atoms with E-state index in [4.69, 9.17) is 9.72 Å². The van der Waals surface area contributed by atoms with Crippen molar-refractivity contribution in [1.82, 2.24) is 24.3 Å². The fraction of sp³-hybridized carbons (Fsp3) is 0.353. The Balaban J connectivity index is 1.86. The molecule has 3 heterocycles. The highest BCUT2D eigenvalue weighted by Gasteiger charge is 2.21. The Morgan fingerprint density at radius 1 is 1.22 bits per heavy atom. The molecule has 1 aromatic carbocycles. The molecule has 0 unspecified atom stereocenters. The van der Waals surface area contributed by atoms with Gasteiger partial charge >= 0.3 is 0 Å². The zero-order valence-electron chi connectivity index (χ0n) is 13.5. The highest BCUT2D eigenvalue weighted by molar-refractivity contribution is 5.68. The van der Waals surface area contributed by atoms with E-state index in [-0.39, 0.29) is 6.04 Å². The van der Waals surface area contributed by atoms with Crippen molar-refractivity contribution in [3.05, 3.63) is 36.3 Å². The van der Waals surface area contributed by atoms with E-state index in [2.05, 4.69) is 53.6 Å². The Hall–Kier alpha value is -2.63. The maximum Gasteiger partial charge on any atom is 0.178 e. The molecule has 1 aliphatic heterocycles. The summed E-state index contributed by atoms with van der Waals surface area (Å²) in [5.41, 5.74) is 3.05. The smallest absolute Gasteiger partial charge is 0.178 e. The molecule has 0 bridgehead atoms. The maximum absolute atomic E-state index is 5.87. The van der Waals surface area contributed by atoms with Gasteiger partial charge in [-0.1, -0.05) is 6.07 Å². The van der Waals surface area contributed by atoms with Crippen molar-refractivity contribution in [2.45, 2.75) is 33.4 Å². The molecule has 0 fully saturated rings. The van der Waals surface area contributed by atoms with E-state index in [1.807, 2.05) is 10.9 Å². The number of ether oxygens (including phenoxy) is 1. The number of hydrogen-bond acceptors (Lipinski definition) is 4. The fourth-order valence-electron chi connectivity index (χ4n) is 2.91. The van der Waals surface area contributed by atoms with E-state index in [0.29, 0.717) is 6.61 Å². The molecule has 1 aliphatic rings. The number of fused-ring (bicyclic) bond motifs is 3. The van der Waals surface area contributed by atoms with Crippen molar-refractivity contribution < 1.29 is 4.74 Å². The highest BCUT2D eigenvalue weighted by Crippen LogP contribution is 2.34. The van der Waals surface area contributed by atoms with Crippen LogP contribution >= 0.6 is 0 Å². The molecule has 6 nitrogen and oxygen atoms in total. The summed E-state index contributed by atoms with van der Waals surface area (Å²) in [4.78, 5) is 9.22. The summed E-state index contributed by atoms with van der Waals surface area (Å²) in [7, 11) is 0. The summed E-state index contributed by atoms with van der Waals surface area (Å²) in [6, 6.07) is 6.47. The minimum Gasteiger partial charge on any atom is -0.491 e. The molecule has 0 N–H and O–H groups in total. The van der Waals surface area contributed by atoms with Crippen LogP contribution in [0, 0.1) is 6.92 Å². The Morgan fingerprint density at radius 2 is 2.09 bits per heavy atom. The molecule has 23 heavy (non-hydrogen) atoms. The van der Waals surface area contributed by atoms with Crippen LogP contribution in [0.3, 0.4) is 0 Å². The number of aryl methyl sites for hydroxylation is 1. The molecule has 0 saturated carbocycles. The van der Waals surface area contributed by atoms with Crippen LogP contribution in [0.25, 0.3) is 22.9 Å². The monoisotopic (exact) mass is 309 g/mol. The third-order valence-corrected chi connectivity index (χ3v) is 4.04. The third kappa shape index (κ3) is 2.30. The van der Waals surface area contributed by atoms with E-state index < -0.39 is 0 Å². The summed E-state index contributed by atoms with van der Waals surface area (Å²) in [6.45, 7) is 7.65. The Labute approximate surface area is 134 Å². The third-order valence-electron chi connectivity index (χ3n) is 4.04. The minimum absolute atomic E-state index is 0.243. The standard InChI is InChI=1S/C17H19N5O/c1-11(2)22-17(18-10-19-22)14-9-21-6-7-23-15-8-12(3)4-5-13(15)16(21)20-14/h4-5,8-11H,6-7H2,1-3H3. The van der Waals surface area contributed by atoms with E-state index in [0.717, 1.165) is 35.2 Å². The Bertz CT molecular complexity index is 862. The molecule has 0 radical (unpaired) electrons. The van der Waals surface area contributed by atoms with Gasteiger partial charge in [-0.15, -0.1) is 0 Å². The van der Waals surface area contributed by atoms with Crippen LogP contribution < -0.4 is 4.74 Å². The zero-order valence-corrected chi connectivity index (χ0v) is 13.5. The predicted molar refractivity (Wildman–Crippen MR) is 87.3 cm³/mol. The molecule has 4 rings (SSSR count). The lowest BCUT2D eigenvalue weighted by Gasteiger charge is -2.08. The number of rotatable bonds is 2. The predicted octanol–water partition coefficient (Wildman–Crippen LogP) is 3.09. The van der Waals surface area contributed by atoms with Crippen molar-refractivity contribution >= 4 is 0 Å². The van der Waals surface area contributed by atoms with Crippen molar-refractivity contribution in [3.63, 3.8) is 0 Å². The lowest BCUT2D eigenvalue weighted by atomic mass is 10.1. The number of nitrogens with zero attached hydrogens (tertiary/aromatic N) is 5. The van der Waals surface area contributed by atoms with E-state index in [9.17, 15) is 0 Å². The molecular weight excluding hydrogens is 290 g/mol. The summed E-state index contributed by atoms with van der Waals surface area (Å²) < 4.78 is 9.90. The summed E-state index contributed by atoms with van der Waals surface area (Å²) >= 11 is 0. The van der Waals surface area contributed by atoms with Crippen LogP contribution in [-0.2, 0) is 6.54 Å². The van der Waals surface area contributed by atoms with Crippen LogP contribution in [0.2, 0.25) is 0 Å². The topological polar surface area (TPSA) is 57.8 Å². The molecule has 118 valence electrons. The number of benzene rings is 1. The average molecular weight is 309 g/mol. The molecule has 0 saturated heterocycles. The molecule has 0 aliphatic carbocycles. The van der Waals surface area contributed by atoms with Gasteiger partial charge in [-0.05, 0) is 38.5 Å². The Morgan fingerprint density at radius 3 is 2.91 bits per heavy atom. The van der Waals surface area contributed by atoms with Crippen LogP contribution in [-0.4, -0.2) is 30.9 Å². The summed E-state index contributed by atoms with van der Waals surface area (Å²) in [6.07, 6.45) is 3.62. The van der Waals surface area contributed by atoms with Gasteiger partial charge in [0.1, 0.15) is 30.2 Å². The highest BCUT2D eigenvalue weighted by atomic mass is 16.5. The van der Waals surface area contributed by atoms with Gasteiger partial charge in [-0.2, -0.15) is 5.10 Å². The molecule has 6 heteroatoms. The number of imidazole rings is 1. The van der Waals surface area contributed by atoms with Crippen LogP contribution in [0.4, 0.5) is 0 Å². The SMILES string of the molecule is Cc1ccc2c(c1)OCCn1cc(-c3ncnn3C(C)C)nc1-2. The molecule has 0 atom stereocenters. The van der Waals surface area contributed by atoms with E-state index >= 15 is 0 Å². The van der Waals surface area contributed by atoms with Gasteiger partial charge in [0.2, 0.25) is 0 Å². The van der Waals surface area contributed by atoms with E-state index in [1.165, 1.54) is 5.56 Å². The molecule has 3 aromatic rings. The van der Waals surface area contributed by atoms with Crippen molar-refractivity contribution in [1.29, 1.82) is 0 Å². The first kappa shape index (κ1) is 14.0. The van der Waals surface area contributed by atoms with Gasteiger partial charge in [0.05, 0.1) is 12.1 Å². The second-order valence-corrected chi connectivity index (χ2v) is 6.11. The molecular formula is C17H19N5O. The van der Waals surface area contributed by atoms with Crippen molar-refractivity contribution in [2.75, 3.05) is 6.61 Å². The van der Waals surface area contributed by atoms with Gasteiger partial charge in [0.15, 0.2) is 5.82 Å². The van der Waals surface area contributed by atoms with Gasteiger partial charge < -0.3 is 9.30 Å². The fourth-order valence-corrected chi connectivity index (χ4v) is 2.91. The summed E-state index contributed by atoms with van der Waals surface area (Å²) in [5, 5.41) is 4.30. The van der Waals surface area contributed by atoms with Gasteiger partial charge in [-0.3, -0.25) is 0 Å². The summed E-state index contributed by atoms with van der Waals surface area (Å²) in [5.74, 6) is 2.62. The lowest BCUT2D eigenvalue weighted by molar-refractivity contribution is 0.306. The van der Waals surface area contributed by atoms with Gasteiger partial charge in [0, 0.05) is 12.2 Å². The lowest BCUT2D eigenvalue weighted by Crippen LogP contribution is -2.06. The average Bonchev–Trinajstić information content (AvgIpc) is 3.11. The van der Waals surface area contributed by atoms with Gasteiger partial charge in [0.25, 0.3) is 0 Å². The zero-order chi connectivity index (χ0) is 16.0. The molecule has 2 aromatic heterocycles. The normalized spacial score (nSPS) is 13.4. The van der Waals surface area contributed by atoms with Crippen molar-refractivity contribution in [2.24, 2.45) is 0 Å². The maximum atomic E-state index is 5.87. The van der Waals surface area contributed by atoms with Crippen LogP contribution in [0.5, 0.6) is 5.75 Å². The second kappa shape index (κ2) is 5.22. The number of hydrogen-bond donors (Lipinski definition) is 0. The van der Waals surface area contributed by atoms with Gasteiger partial charge in [-0.25, -0.2) is 14.6 Å². The largest absolute Gasteiger partial charge is 0.491 e. The first-order valence-electron chi connectivity index (χ1n) is 7.84. The van der Waals surface area contributed by atoms with Crippen molar-refractivity contribution in [3.8, 4) is 28.7 Å². The van der Waals surface area contributed by atoms with Crippen LogP contribution in [0.15, 0.2) is 30.7 Å². The second-order valence-electron chi connectivity index (χ2n) is 6.11. The Kier molecular flexibility index (Phi) is 3.18. The minimum atomic E-state index is 0.243. The first-order valence-corrected chi connectivity index (χ1v) is 7.84. The van der Waals surface area contributed by atoms with Crippen LogP contribution in [0.1, 0.15) is 25.5 Å². The quantitative estimate of drug-likeness (QED) is 0.730. The first-order chi connectivity index (χ1) is 11.1. The van der Waals surface area contributed by atoms with E-state index in [1.54, 1.807) is 6.33 Å². The number of aromatic nitrogens is 5.